The number of rotatable bonds is 5. The van der Waals surface area contributed by atoms with Crippen molar-refractivity contribution < 1.29 is 14.7 Å². The number of carboxylic acids is 1. The molecule has 6 heteroatoms. The maximum Gasteiger partial charge on any atom is 0.355 e. The van der Waals surface area contributed by atoms with Gasteiger partial charge in [0.05, 0.1) is 5.92 Å². The van der Waals surface area contributed by atoms with E-state index in [1.54, 1.807) is 6.92 Å². The molecule has 0 saturated carbocycles. The highest BCUT2D eigenvalue weighted by atomic mass is 32.1. The molecule has 5 nitrogen and oxygen atoms in total. The predicted molar refractivity (Wildman–Crippen MR) is 86.7 cm³/mol. The smallest absolute Gasteiger partial charge is 0.355 e. The molecule has 0 saturated heterocycles. The Labute approximate surface area is 133 Å². The van der Waals surface area contributed by atoms with Crippen molar-refractivity contribution in [1.29, 1.82) is 0 Å². The summed E-state index contributed by atoms with van der Waals surface area (Å²) in [5.74, 6) is -1.76. The van der Waals surface area contributed by atoms with Gasteiger partial charge >= 0.3 is 5.97 Å². The van der Waals surface area contributed by atoms with E-state index < -0.39 is 11.9 Å². The molecule has 0 bridgehead atoms. The van der Waals surface area contributed by atoms with Crippen LogP contribution < -0.4 is 5.32 Å². The third-order valence-electron chi connectivity index (χ3n) is 3.49. The second-order valence-corrected chi connectivity index (χ2v) is 5.94. The summed E-state index contributed by atoms with van der Waals surface area (Å²) in [7, 11) is 0. The number of aromatic nitrogens is 1. The van der Waals surface area contributed by atoms with Crippen molar-refractivity contribution in [3.8, 4) is 0 Å². The predicted octanol–water partition coefficient (Wildman–Crippen LogP) is 3.45. The molecule has 1 aromatic heterocycles. The third-order valence-corrected chi connectivity index (χ3v) is 4.52. The molecule has 0 spiro atoms. The summed E-state index contributed by atoms with van der Waals surface area (Å²) >= 11 is 1.19. The summed E-state index contributed by atoms with van der Waals surface area (Å²) in [6, 6.07) is 5.90. The van der Waals surface area contributed by atoms with Crippen molar-refractivity contribution in [2.24, 2.45) is 0 Å². The number of nitrogens with one attached hydrogen (secondary N) is 1. The molecule has 0 aliphatic rings. The number of nitrogens with zero attached hydrogens (tertiary/aromatic N) is 1. The standard InChI is InChI=1S/C16H18N2O3S/c1-4-11-7-5-6-9(2)13(11)18-14(19)10(3)15-17-12(8-22-15)16(20)21/h5-8,10H,4H2,1-3H3,(H,18,19)(H,20,21)/t10-/m0/s1. The fourth-order valence-electron chi connectivity index (χ4n) is 2.13. The van der Waals surface area contributed by atoms with E-state index in [0.29, 0.717) is 5.01 Å². The third kappa shape index (κ3) is 3.33. The van der Waals surface area contributed by atoms with Gasteiger partial charge in [0.2, 0.25) is 5.91 Å². The lowest BCUT2D eigenvalue weighted by Gasteiger charge is -2.15. The van der Waals surface area contributed by atoms with Crippen LogP contribution in [0.4, 0.5) is 5.69 Å². The first-order chi connectivity index (χ1) is 10.4. The van der Waals surface area contributed by atoms with Crippen molar-refractivity contribution in [3.05, 3.63) is 45.4 Å². The fraction of sp³-hybridized carbons (Fsp3) is 0.312. The minimum atomic E-state index is -1.08. The molecule has 0 aliphatic carbocycles. The van der Waals surface area contributed by atoms with E-state index >= 15 is 0 Å². The zero-order valence-corrected chi connectivity index (χ0v) is 13.5. The van der Waals surface area contributed by atoms with Crippen molar-refractivity contribution in [1.82, 2.24) is 4.98 Å². The van der Waals surface area contributed by atoms with Gasteiger partial charge in [0.25, 0.3) is 0 Å². The summed E-state index contributed by atoms with van der Waals surface area (Å²) in [5.41, 5.74) is 2.89. The molecule has 116 valence electrons. The molecule has 1 atom stereocenters. The molecule has 22 heavy (non-hydrogen) atoms. The lowest BCUT2D eigenvalue weighted by molar-refractivity contribution is -0.117. The molecule has 0 unspecified atom stereocenters. The Balaban J connectivity index is 2.19. The molecule has 1 aromatic carbocycles. The van der Waals surface area contributed by atoms with Crippen LogP contribution >= 0.6 is 11.3 Å². The van der Waals surface area contributed by atoms with Crippen LogP contribution in [0.3, 0.4) is 0 Å². The van der Waals surface area contributed by atoms with E-state index in [1.807, 2.05) is 32.0 Å². The first-order valence-electron chi connectivity index (χ1n) is 7.02. The Morgan fingerprint density at radius 1 is 1.41 bits per heavy atom. The molecule has 1 amide bonds. The van der Waals surface area contributed by atoms with Crippen molar-refractivity contribution >= 4 is 28.9 Å². The van der Waals surface area contributed by atoms with Gasteiger partial charge in [-0.05, 0) is 31.4 Å². The minimum Gasteiger partial charge on any atom is -0.476 e. The molecule has 2 N–H and O–H groups in total. The number of amides is 1. The number of carboxylic acid groups (broad SMARTS) is 1. The monoisotopic (exact) mass is 318 g/mol. The minimum absolute atomic E-state index is 0.0233. The van der Waals surface area contributed by atoms with Crippen LogP contribution in [0, 0.1) is 6.92 Å². The summed E-state index contributed by atoms with van der Waals surface area (Å²) in [6.45, 7) is 5.71. The van der Waals surface area contributed by atoms with Crippen LogP contribution in [0.1, 0.15) is 46.4 Å². The highest BCUT2D eigenvalue weighted by molar-refractivity contribution is 7.10. The number of para-hydroxylation sites is 1. The van der Waals surface area contributed by atoms with Crippen molar-refractivity contribution in [2.75, 3.05) is 5.32 Å². The topological polar surface area (TPSA) is 79.3 Å². The van der Waals surface area contributed by atoms with Gasteiger partial charge in [0, 0.05) is 11.1 Å². The summed E-state index contributed by atoms with van der Waals surface area (Å²) in [6.07, 6.45) is 0.825. The molecule has 0 fully saturated rings. The largest absolute Gasteiger partial charge is 0.476 e. The molecule has 0 aliphatic heterocycles. The molecule has 1 heterocycles. The summed E-state index contributed by atoms with van der Waals surface area (Å²) < 4.78 is 0. The van der Waals surface area contributed by atoms with Crippen LogP contribution in [0.5, 0.6) is 0 Å². The van der Waals surface area contributed by atoms with Crippen LogP contribution in [-0.2, 0) is 11.2 Å². The van der Waals surface area contributed by atoms with Gasteiger partial charge in [-0.2, -0.15) is 0 Å². The lowest BCUT2D eigenvalue weighted by atomic mass is 10.0. The Hall–Kier alpha value is -2.21. The maximum atomic E-state index is 12.4. The van der Waals surface area contributed by atoms with Crippen LogP contribution in [0.2, 0.25) is 0 Å². The lowest BCUT2D eigenvalue weighted by Crippen LogP contribution is -2.20. The molecular formula is C16H18N2O3S. The van der Waals surface area contributed by atoms with Gasteiger partial charge in [-0.1, -0.05) is 25.1 Å². The maximum absolute atomic E-state index is 12.4. The van der Waals surface area contributed by atoms with Gasteiger partial charge in [-0.15, -0.1) is 11.3 Å². The number of aromatic carboxylic acids is 1. The number of carbonyl (C=O) groups is 2. The zero-order valence-electron chi connectivity index (χ0n) is 12.7. The number of benzene rings is 1. The molecular weight excluding hydrogens is 300 g/mol. The Kier molecular flexibility index (Phi) is 4.92. The van der Waals surface area contributed by atoms with E-state index in [4.69, 9.17) is 5.11 Å². The molecule has 0 radical (unpaired) electrons. The van der Waals surface area contributed by atoms with E-state index in [2.05, 4.69) is 10.3 Å². The number of anilines is 1. The normalized spacial score (nSPS) is 12.0. The number of aryl methyl sites for hydroxylation is 2. The van der Waals surface area contributed by atoms with Gasteiger partial charge in [-0.25, -0.2) is 9.78 Å². The number of carbonyl (C=O) groups excluding carboxylic acids is 1. The Morgan fingerprint density at radius 2 is 2.14 bits per heavy atom. The summed E-state index contributed by atoms with van der Waals surface area (Å²) in [4.78, 5) is 27.3. The highest BCUT2D eigenvalue weighted by Crippen LogP contribution is 2.25. The fourth-order valence-corrected chi connectivity index (χ4v) is 2.98. The first kappa shape index (κ1) is 16.2. The number of hydrogen-bond acceptors (Lipinski definition) is 4. The van der Waals surface area contributed by atoms with Crippen molar-refractivity contribution in [3.63, 3.8) is 0 Å². The molecule has 2 rings (SSSR count). The van der Waals surface area contributed by atoms with Gasteiger partial charge in [0.15, 0.2) is 5.69 Å². The van der Waals surface area contributed by atoms with E-state index in [-0.39, 0.29) is 11.6 Å². The Bertz CT molecular complexity index is 709. The van der Waals surface area contributed by atoms with Crippen LogP contribution in [-0.4, -0.2) is 22.0 Å². The average Bonchev–Trinajstić information content (AvgIpc) is 2.98. The molecule has 2 aromatic rings. The second-order valence-electron chi connectivity index (χ2n) is 5.05. The van der Waals surface area contributed by atoms with Crippen LogP contribution in [0.25, 0.3) is 0 Å². The quantitative estimate of drug-likeness (QED) is 0.885. The summed E-state index contributed by atoms with van der Waals surface area (Å²) in [5, 5.41) is 13.8. The van der Waals surface area contributed by atoms with Gasteiger partial charge in [-0.3, -0.25) is 4.79 Å². The highest BCUT2D eigenvalue weighted by Gasteiger charge is 2.21. The van der Waals surface area contributed by atoms with E-state index in [1.165, 1.54) is 16.7 Å². The van der Waals surface area contributed by atoms with Crippen molar-refractivity contribution in [2.45, 2.75) is 33.1 Å². The first-order valence-corrected chi connectivity index (χ1v) is 7.90. The number of hydrogen-bond donors (Lipinski definition) is 2. The SMILES string of the molecule is CCc1cccc(C)c1NC(=O)[C@H](C)c1nc(C(=O)O)cs1. The Morgan fingerprint density at radius 3 is 2.73 bits per heavy atom. The van der Waals surface area contributed by atoms with E-state index in [0.717, 1.165) is 23.2 Å². The number of thiazole rings is 1. The van der Waals surface area contributed by atoms with Crippen LogP contribution in [0.15, 0.2) is 23.6 Å². The van der Waals surface area contributed by atoms with E-state index in [9.17, 15) is 9.59 Å². The zero-order chi connectivity index (χ0) is 16.3. The van der Waals surface area contributed by atoms with Gasteiger partial charge < -0.3 is 10.4 Å². The average molecular weight is 318 g/mol. The second kappa shape index (κ2) is 6.70. The van der Waals surface area contributed by atoms with Gasteiger partial charge in [0.1, 0.15) is 5.01 Å².